The average Bonchev–Trinajstić information content (AvgIpc) is 2.87. The lowest BCUT2D eigenvalue weighted by Gasteiger charge is -2.37. The summed E-state index contributed by atoms with van der Waals surface area (Å²) in [6, 6.07) is 3.75. The number of fused-ring (bicyclic) bond motifs is 1. The van der Waals surface area contributed by atoms with E-state index in [4.69, 9.17) is 5.73 Å². The number of rotatable bonds is 3. The highest BCUT2D eigenvalue weighted by molar-refractivity contribution is 5.44. The molecule has 0 bridgehead atoms. The smallest absolute Gasteiger partial charge is 0.200 e. The third-order valence-corrected chi connectivity index (χ3v) is 3.66. The normalized spacial score (nSPS) is 18.9. The van der Waals surface area contributed by atoms with Gasteiger partial charge in [0.25, 0.3) is 0 Å². The molecule has 0 aromatic carbocycles. The maximum atomic E-state index is 5.94. The molecule has 0 spiro atoms. The van der Waals surface area contributed by atoms with Gasteiger partial charge in [-0.2, -0.15) is 0 Å². The van der Waals surface area contributed by atoms with Gasteiger partial charge < -0.3 is 11.1 Å². The highest BCUT2D eigenvalue weighted by Gasteiger charge is 2.30. The predicted molar refractivity (Wildman–Crippen MR) is 67.1 cm³/mol. The second-order valence-electron chi connectivity index (χ2n) is 4.92. The van der Waals surface area contributed by atoms with Crippen molar-refractivity contribution < 1.29 is 0 Å². The molecule has 0 saturated heterocycles. The zero-order valence-corrected chi connectivity index (χ0v) is 10.2. The fourth-order valence-corrected chi connectivity index (χ4v) is 2.60. The van der Waals surface area contributed by atoms with Crippen LogP contribution in [0.4, 0.5) is 5.82 Å². The quantitative estimate of drug-likeness (QED) is 0.824. The van der Waals surface area contributed by atoms with Crippen molar-refractivity contribution in [1.82, 2.24) is 25.3 Å². The summed E-state index contributed by atoms with van der Waals surface area (Å²) in [6.07, 6.45) is 5.93. The topological polar surface area (TPSA) is 94.0 Å². The predicted octanol–water partition coefficient (Wildman–Crippen LogP) is 0.593. The van der Waals surface area contributed by atoms with Crippen molar-refractivity contribution in [2.24, 2.45) is 5.73 Å². The van der Waals surface area contributed by atoms with Crippen molar-refractivity contribution in [2.75, 3.05) is 11.9 Å². The minimum Gasteiger partial charge on any atom is -0.362 e. The molecule has 7 nitrogen and oxygen atoms in total. The summed E-state index contributed by atoms with van der Waals surface area (Å²) >= 11 is 0. The molecule has 0 atom stereocenters. The number of anilines is 1. The zero-order valence-electron chi connectivity index (χ0n) is 10.2. The van der Waals surface area contributed by atoms with E-state index in [1.165, 1.54) is 23.9 Å². The number of tetrazole rings is 1. The van der Waals surface area contributed by atoms with Crippen LogP contribution in [0, 0.1) is 0 Å². The minimum atomic E-state index is -0.0209. The lowest BCUT2D eigenvalue weighted by atomic mass is 9.82. The van der Waals surface area contributed by atoms with E-state index in [0.29, 0.717) is 12.2 Å². The molecule has 2 aromatic heterocycles. The third kappa shape index (κ3) is 2.01. The van der Waals surface area contributed by atoms with E-state index in [0.717, 1.165) is 18.7 Å². The Hall–Kier alpha value is -1.76. The van der Waals surface area contributed by atoms with Gasteiger partial charge in [-0.3, -0.25) is 0 Å². The van der Waals surface area contributed by atoms with E-state index in [1.54, 1.807) is 0 Å². The minimum absolute atomic E-state index is 0.0209. The molecule has 3 N–H and O–H groups in total. The number of hydrogen-bond donors (Lipinski definition) is 2. The van der Waals surface area contributed by atoms with Gasteiger partial charge in [-0.1, -0.05) is 19.3 Å². The van der Waals surface area contributed by atoms with Crippen molar-refractivity contribution in [2.45, 2.75) is 37.6 Å². The van der Waals surface area contributed by atoms with Crippen molar-refractivity contribution in [3.05, 3.63) is 12.1 Å². The highest BCUT2D eigenvalue weighted by atomic mass is 15.6. The number of nitrogens with two attached hydrogens (primary N) is 1. The molecule has 2 heterocycles. The largest absolute Gasteiger partial charge is 0.362 e. The molecule has 1 fully saturated rings. The molecule has 3 rings (SSSR count). The van der Waals surface area contributed by atoms with E-state index >= 15 is 0 Å². The first-order valence-electron chi connectivity index (χ1n) is 6.35. The first kappa shape index (κ1) is 11.3. The highest BCUT2D eigenvalue weighted by Crippen LogP contribution is 2.30. The van der Waals surface area contributed by atoms with Crippen LogP contribution in [0.5, 0.6) is 0 Å². The first-order valence-corrected chi connectivity index (χ1v) is 6.35. The molecule has 7 heteroatoms. The van der Waals surface area contributed by atoms with Crippen molar-refractivity contribution in [3.63, 3.8) is 0 Å². The molecule has 1 saturated carbocycles. The van der Waals surface area contributed by atoms with Crippen molar-refractivity contribution in [1.29, 1.82) is 0 Å². The first-order chi connectivity index (χ1) is 8.81. The summed E-state index contributed by atoms with van der Waals surface area (Å²) in [5, 5.41) is 19.0. The second kappa shape index (κ2) is 4.49. The third-order valence-electron chi connectivity index (χ3n) is 3.66. The Balaban J connectivity index is 1.85. The van der Waals surface area contributed by atoms with Gasteiger partial charge in [-0.25, -0.2) is 0 Å². The van der Waals surface area contributed by atoms with Gasteiger partial charge in [0.15, 0.2) is 5.65 Å². The number of hydrogen-bond acceptors (Lipinski definition) is 6. The number of nitrogens with zero attached hydrogens (tertiary/aromatic N) is 5. The molecular formula is C11H17N7. The van der Waals surface area contributed by atoms with Crippen molar-refractivity contribution >= 4 is 11.5 Å². The molecule has 0 radical (unpaired) electrons. The standard InChI is InChI=1S/C11H17N7/c12-8-11(6-2-1-3-7-11)13-9-4-5-10-14-16-17-18(10)15-9/h4-5H,1-3,6-8,12H2,(H,13,15). The van der Waals surface area contributed by atoms with Gasteiger partial charge in [0.05, 0.1) is 5.54 Å². The molecule has 1 aliphatic rings. The summed E-state index contributed by atoms with van der Waals surface area (Å²) in [5.41, 5.74) is 6.56. The maximum Gasteiger partial charge on any atom is 0.200 e. The number of aromatic nitrogens is 5. The van der Waals surface area contributed by atoms with Crippen LogP contribution in [0.3, 0.4) is 0 Å². The molecule has 0 aliphatic heterocycles. The van der Waals surface area contributed by atoms with Crippen LogP contribution in [0.1, 0.15) is 32.1 Å². The molecule has 96 valence electrons. The van der Waals surface area contributed by atoms with Crippen molar-refractivity contribution in [3.8, 4) is 0 Å². The van der Waals surface area contributed by atoms with Gasteiger partial charge in [-0.15, -0.1) is 14.8 Å². The summed E-state index contributed by atoms with van der Waals surface area (Å²) in [6.45, 7) is 0.627. The Morgan fingerprint density at radius 1 is 1.28 bits per heavy atom. The second-order valence-corrected chi connectivity index (χ2v) is 4.92. The van der Waals surface area contributed by atoms with Gasteiger partial charge in [0, 0.05) is 6.54 Å². The van der Waals surface area contributed by atoms with E-state index in [-0.39, 0.29) is 5.54 Å². The Morgan fingerprint density at radius 2 is 2.11 bits per heavy atom. The Labute approximate surface area is 105 Å². The van der Waals surface area contributed by atoms with E-state index in [9.17, 15) is 0 Å². The van der Waals surface area contributed by atoms with Crippen LogP contribution in [-0.2, 0) is 0 Å². The summed E-state index contributed by atoms with van der Waals surface area (Å²) < 4.78 is 1.43. The SMILES string of the molecule is NCC1(Nc2ccc3nnnn3n2)CCCCC1. The van der Waals surface area contributed by atoms with Crippen LogP contribution >= 0.6 is 0 Å². The maximum absolute atomic E-state index is 5.94. The van der Waals surface area contributed by atoms with Crippen LogP contribution in [0.2, 0.25) is 0 Å². The van der Waals surface area contributed by atoms with E-state index < -0.39 is 0 Å². The molecular weight excluding hydrogens is 230 g/mol. The Bertz CT molecular complexity index is 529. The lowest BCUT2D eigenvalue weighted by Crippen LogP contribution is -2.47. The van der Waals surface area contributed by atoms with Gasteiger partial charge in [-0.05, 0) is 35.4 Å². The fraction of sp³-hybridized carbons (Fsp3) is 0.636. The summed E-state index contributed by atoms with van der Waals surface area (Å²) in [5.74, 6) is 0.780. The summed E-state index contributed by atoms with van der Waals surface area (Å²) in [7, 11) is 0. The molecule has 2 aromatic rings. The van der Waals surface area contributed by atoms with Crippen LogP contribution in [0.15, 0.2) is 12.1 Å². The Kier molecular flexibility index (Phi) is 2.83. The van der Waals surface area contributed by atoms with Crippen LogP contribution in [-0.4, -0.2) is 37.3 Å². The van der Waals surface area contributed by atoms with Gasteiger partial charge in [0.1, 0.15) is 5.82 Å². The lowest BCUT2D eigenvalue weighted by molar-refractivity contribution is 0.329. The number of nitrogens with one attached hydrogen (secondary N) is 1. The Morgan fingerprint density at radius 3 is 2.89 bits per heavy atom. The van der Waals surface area contributed by atoms with Gasteiger partial charge >= 0.3 is 0 Å². The molecule has 0 amide bonds. The van der Waals surface area contributed by atoms with E-state index in [1.807, 2.05) is 12.1 Å². The zero-order chi connectivity index (χ0) is 12.4. The van der Waals surface area contributed by atoms with E-state index in [2.05, 4.69) is 25.9 Å². The van der Waals surface area contributed by atoms with Gasteiger partial charge in [0.2, 0.25) is 0 Å². The van der Waals surface area contributed by atoms with Crippen LogP contribution in [0.25, 0.3) is 5.65 Å². The molecule has 18 heavy (non-hydrogen) atoms. The molecule has 1 aliphatic carbocycles. The monoisotopic (exact) mass is 247 g/mol. The average molecular weight is 247 g/mol. The molecule has 0 unspecified atom stereocenters. The summed E-state index contributed by atoms with van der Waals surface area (Å²) in [4.78, 5) is 0. The van der Waals surface area contributed by atoms with Crippen LogP contribution < -0.4 is 11.1 Å². The fourth-order valence-electron chi connectivity index (χ4n) is 2.60.